The minimum absolute atomic E-state index is 0.349. The van der Waals surface area contributed by atoms with Crippen LogP contribution < -0.4 is 15.4 Å². The van der Waals surface area contributed by atoms with Gasteiger partial charge in [-0.3, -0.25) is 10.1 Å². The molecule has 0 aromatic heterocycles. The van der Waals surface area contributed by atoms with Crippen LogP contribution in [0.2, 0.25) is 0 Å². The standard InChI is InChI=1S/C14H19Cl3N2O3/c1-21-9-3-8-18-13(14(15,16)17)19-12(20)10-4-6-11(22-2)7-5-10/h4-7,13,18H,3,8-9H2,1-2H3,(H,19,20)/t13-/m0/s1. The predicted octanol–water partition coefficient (Wildman–Crippen LogP) is 2.75. The zero-order valence-corrected chi connectivity index (χ0v) is 14.6. The van der Waals surface area contributed by atoms with Crippen LogP contribution in [0.4, 0.5) is 0 Å². The summed E-state index contributed by atoms with van der Waals surface area (Å²) in [5.41, 5.74) is 0.443. The highest BCUT2D eigenvalue weighted by molar-refractivity contribution is 6.68. The minimum atomic E-state index is -1.67. The lowest BCUT2D eigenvalue weighted by molar-refractivity contribution is 0.0929. The van der Waals surface area contributed by atoms with E-state index in [0.29, 0.717) is 24.5 Å². The number of rotatable bonds is 8. The molecule has 0 saturated heterocycles. The Balaban J connectivity index is 2.65. The summed E-state index contributed by atoms with van der Waals surface area (Å²) in [4.78, 5) is 12.2. The highest BCUT2D eigenvalue weighted by Crippen LogP contribution is 2.29. The van der Waals surface area contributed by atoms with Gasteiger partial charge in [-0.05, 0) is 37.2 Å². The Kier molecular flexibility index (Phi) is 8.28. The van der Waals surface area contributed by atoms with E-state index in [1.54, 1.807) is 38.5 Å². The number of benzene rings is 1. The number of hydrogen-bond acceptors (Lipinski definition) is 4. The Morgan fingerprint density at radius 3 is 2.36 bits per heavy atom. The van der Waals surface area contributed by atoms with E-state index in [9.17, 15) is 4.79 Å². The maximum atomic E-state index is 12.2. The van der Waals surface area contributed by atoms with Gasteiger partial charge in [-0.15, -0.1) is 0 Å². The fourth-order valence-electron chi connectivity index (χ4n) is 1.67. The third-order valence-corrected chi connectivity index (χ3v) is 3.48. The molecule has 1 atom stereocenters. The van der Waals surface area contributed by atoms with Crippen LogP contribution in [-0.2, 0) is 4.74 Å². The molecule has 1 amide bonds. The first-order valence-electron chi connectivity index (χ1n) is 6.62. The monoisotopic (exact) mass is 368 g/mol. The first-order chi connectivity index (χ1) is 10.4. The Hall–Kier alpha value is -0.720. The lowest BCUT2D eigenvalue weighted by Gasteiger charge is -2.26. The van der Waals surface area contributed by atoms with Gasteiger partial charge in [0.05, 0.1) is 7.11 Å². The summed E-state index contributed by atoms with van der Waals surface area (Å²) in [6.07, 6.45) is -0.0875. The van der Waals surface area contributed by atoms with Crippen molar-refractivity contribution in [2.45, 2.75) is 16.4 Å². The third kappa shape index (κ3) is 6.58. The second-order valence-electron chi connectivity index (χ2n) is 4.48. The Bertz CT molecular complexity index is 463. The van der Waals surface area contributed by atoms with Crippen LogP contribution in [-0.4, -0.2) is 43.2 Å². The van der Waals surface area contributed by atoms with E-state index in [2.05, 4.69) is 10.6 Å². The predicted molar refractivity (Wildman–Crippen MR) is 89.0 cm³/mol. The molecule has 0 spiro atoms. The topological polar surface area (TPSA) is 59.6 Å². The van der Waals surface area contributed by atoms with E-state index in [0.717, 1.165) is 6.42 Å². The van der Waals surface area contributed by atoms with Gasteiger partial charge in [-0.25, -0.2) is 0 Å². The first-order valence-corrected chi connectivity index (χ1v) is 7.76. The van der Waals surface area contributed by atoms with Gasteiger partial charge in [0.15, 0.2) is 0 Å². The normalized spacial score (nSPS) is 12.8. The Morgan fingerprint density at radius 1 is 1.23 bits per heavy atom. The van der Waals surface area contributed by atoms with Gasteiger partial charge in [-0.2, -0.15) is 0 Å². The molecule has 0 fully saturated rings. The maximum Gasteiger partial charge on any atom is 0.252 e. The highest BCUT2D eigenvalue weighted by Gasteiger charge is 2.33. The largest absolute Gasteiger partial charge is 0.497 e. The summed E-state index contributed by atoms with van der Waals surface area (Å²) < 4.78 is 8.31. The Labute approximate surface area is 145 Å². The number of carbonyl (C=O) groups is 1. The average molecular weight is 370 g/mol. The second kappa shape index (κ2) is 9.43. The van der Waals surface area contributed by atoms with Crippen molar-refractivity contribution in [1.82, 2.24) is 10.6 Å². The van der Waals surface area contributed by atoms with E-state index in [1.807, 2.05) is 0 Å². The van der Waals surface area contributed by atoms with Gasteiger partial charge in [0.1, 0.15) is 11.9 Å². The van der Waals surface area contributed by atoms with Crippen molar-refractivity contribution in [3.8, 4) is 5.75 Å². The molecular weight excluding hydrogens is 351 g/mol. The van der Waals surface area contributed by atoms with Crippen molar-refractivity contribution in [2.75, 3.05) is 27.4 Å². The maximum absolute atomic E-state index is 12.2. The number of amides is 1. The molecule has 1 aromatic carbocycles. The molecule has 1 aromatic rings. The number of alkyl halides is 3. The molecule has 0 radical (unpaired) electrons. The summed E-state index contributed by atoms with van der Waals surface area (Å²) >= 11 is 17.7. The van der Waals surface area contributed by atoms with Crippen molar-refractivity contribution < 1.29 is 14.3 Å². The van der Waals surface area contributed by atoms with Gasteiger partial charge >= 0.3 is 0 Å². The van der Waals surface area contributed by atoms with Crippen LogP contribution in [0.3, 0.4) is 0 Å². The number of hydrogen-bond donors (Lipinski definition) is 2. The zero-order valence-electron chi connectivity index (χ0n) is 12.4. The lowest BCUT2D eigenvalue weighted by Crippen LogP contribution is -2.53. The fourth-order valence-corrected chi connectivity index (χ4v) is 2.06. The van der Waals surface area contributed by atoms with Gasteiger partial charge in [0, 0.05) is 19.3 Å². The average Bonchev–Trinajstić information content (AvgIpc) is 2.49. The number of ether oxygens (including phenoxy) is 2. The molecular formula is C14H19Cl3N2O3. The summed E-state index contributed by atoms with van der Waals surface area (Å²) in [7, 11) is 3.16. The highest BCUT2D eigenvalue weighted by atomic mass is 35.6. The summed E-state index contributed by atoms with van der Waals surface area (Å²) in [5, 5.41) is 5.65. The van der Waals surface area contributed by atoms with E-state index in [1.165, 1.54) is 0 Å². The van der Waals surface area contributed by atoms with Crippen LogP contribution in [0.25, 0.3) is 0 Å². The molecule has 0 heterocycles. The van der Waals surface area contributed by atoms with Crippen molar-refractivity contribution in [1.29, 1.82) is 0 Å². The molecule has 0 aliphatic heterocycles. The SMILES string of the molecule is COCCCN[C@@H](NC(=O)c1ccc(OC)cc1)C(Cl)(Cl)Cl. The molecule has 22 heavy (non-hydrogen) atoms. The van der Waals surface area contributed by atoms with Gasteiger partial charge in [0.2, 0.25) is 3.79 Å². The summed E-state index contributed by atoms with van der Waals surface area (Å²) in [5.74, 6) is 0.311. The molecule has 8 heteroatoms. The van der Waals surface area contributed by atoms with E-state index in [4.69, 9.17) is 44.3 Å². The van der Waals surface area contributed by atoms with E-state index in [-0.39, 0.29) is 5.91 Å². The molecule has 124 valence electrons. The molecule has 0 unspecified atom stereocenters. The molecule has 0 saturated carbocycles. The van der Waals surface area contributed by atoms with Gasteiger partial charge in [-0.1, -0.05) is 34.8 Å². The molecule has 0 bridgehead atoms. The third-order valence-electron chi connectivity index (χ3n) is 2.83. The smallest absolute Gasteiger partial charge is 0.252 e. The van der Waals surface area contributed by atoms with Crippen molar-refractivity contribution in [3.63, 3.8) is 0 Å². The summed E-state index contributed by atoms with van der Waals surface area (Å²) in [6.45, 7) is 1.11. The molecule has 1 rings (SSSR count). The number of halogens is 3. The molecule has 0 aliphatic rings. The van der Waals surface area contributed by atoms with E-state index < -0.39 is 9.96 Å². The van der Waals surface area contributed by atoms with Gasteiger partial charge in [0.25, 0.3) is 5.91 Å². The number of methoxy groups -OCH3 is 2. The molecule has 2 N–H and O–H groups in total. The van der Waals surface area contributed by atoms with Crippen molar-refractivity contribution in [3.05, 3.63) is 29.8 Å². The van der Waals surface area contributed by atoms with Crippen LogP contribution in [0, 0.1) is 0 Å². The molecule has 0 aliphatic carbocycles. The molecule has 5 nitrogen and oxygen atoms in total. The zero-order chi connectivity index (χ0) is 16.6. The minimum Gasteiger partial charge on any atom is -0.497 e. The quantitative estimate of drug-likeness (QED) is 0.420. The van der Waals surface area contributed by atoms with Crippen LogP contribution in [0.5, 0.6) is 5.75 Å². The van der Waals surface area contributed by atoms with Gasteiger partial charge < -0.3 is 14.8 Å². The number of nitrogens with one attached hydrogen (secondary N) is 2. The van der Waals surface area contributed by atoms with Crippen LogP contribution in [0.15, 0.2) is 24.3 Å². The summed E-state index contributed by atoms with van der Waals surface area (Å²) in [6, 6.07) is 6.64. The van der Waals surface area contributed by atoms with Crippen LogP contribution >= 0.6 is 34.8 Å². The van der Waals surface area contributed by atoms with Crippen LogP contribution in [0.1, 0.15) is 16.8 Å². The number of carbonyl (C=O) groups excluding carboxylic acids is 1. The first kappa shape index (κ1) is 19.3. The fraction of sp³-hybridized carbons (Fsp3) is 0.500. The van der Waals surface area contributed by atoms with Crippen molar-refractivity contribution in [2.24, 2.45) is 0 Å². The Morgan fingerprint density at radius 2 is 1.86 bits per heavy atom. The van der Waals surface area contributed by atoms with E-state index >= 15 is 0 Å². The second-order valence-corrected chi connectivity index (χ2v) is 6.85. The lowest BCUT2D eigenvalue weighted by atomic mass is 10.2. The van der Waals surface area contributed by atoms with Crippen molar-refractivity contribution >= 4 is 40.7 Å².